The maximum Gasteiger partial charge on any atom is 0.0963 e. The second kappa shape index (κ2) is 5.76. The molecule has 1 unspecified atom stereocenters. The summed E-state index contributed by atoms with van der Waals surface area (Å²) in [5.41, 5.74) is 10.7. The number of anilines is 2. The van der Waals surface area contributed by atoms with Crippen LogP contribution in [0.1, 0.15) is 22.8 Å². The minimum Gasteiger partial charge on any atom is -0.399 e. The smallest absolute Gasteiger partial charge is 0.0963 e. The summed E-state index contributed by atoms with van der Waals surface area (Å²) in [7, 11) is 0. The predicted octanol–water partition coefficient (Wildman–Crippen LogP) is 3.03. The van der Waals surface area contributed by atoms with Crippen LogP contribution in [0.4, 0.5) is 11.4 Å². The number of nitrogens with two attached hydrogens (primary N) is 1. The average molecular weight is 256 g/mol. The zero-order valence-electron chi connectivity index (χ0n) is 11.4. The number of aliphatic hydroxyl groups is 1. The van der Waals surface area contributed by atoms with Gasteiger partial charge in [-0.3, -0.25) is 0 Å². The Labute approximate surface area is 114 Å². The highest BCUT2D eigenvalue weighted by molar-refractivity contribution is 5.49. The van der Waals surface area contributed by atoms with Crippen LogP contribution < -0.4 is 11.1 Å². The molecule has 100 valence electrons. The highest BCUT2D eigenvalue weighted by Gasteiger charge is 2.07. The monoisotopic (exact) mass is 256 g/mol. The molecule has 0 aliphatic heterocycles. The number of nitrogens with one attached hydrogen (secondary N) is 1. The van der Waals surface area contributed by atoms with Crippen molar-refractivity contribution < 1.29 is 5.11 Å². The second-order valence-electron chi connectivity index (χ2n) is 4.94. The van der Waals surface area contributed by atoms with Crippen molar-refractivity contribution in [1.82, 2.24) is 0 Å². The van der Waals surface area contributed by atoms with Crippen LogP contribution in [0.5, 0.6) is 0 Å². The number of rotatable bonds is 4. The molecule has 2 rings (SSSR count). The van der Waals surface area contributed by atoms with Gasteiger partial charge in [0.25, 0.3) is 0 Å². The quantitative estimate of drug-likeness (QED) is 0.737. The van der Waals surface area contributed by atoms with Crippen LogP contribution in [0.3, 0.4) is 0 Å². The molecular formula is C16H20N2O. The zero-order chi connectivity index (χ0) is 13.8. The Hall–Kier alpha value is -2.00. The molecule has 0 fully saturated rings. The van der Waals surface area contributed by atoms with Crippen molar-refractivity contribution in [2.24, 2.45) is 0 Å². The number of hydrogen-bond acceptors (Lipinski definition) is 3. The number of aliphatic hydroxyl groups excluding tert-OH is 1. The van der Waals surface area contributed by atoms with Crippen LogP contribution >= 0.6 is 0 Å². The molecule has 0 amide bonds. The summed E-state index contributed by atoms with van der Waals surface area (Å²) in [4.78, 5) is 0. The van der Waals surface area contributed by atoms with Gasteiger partial charge in [0.05, 0.1) is 6.10 Å². The molecule has 0 spiro atoms. The third-order valence-electron chi connectivity index (χ3n) is 3.02. The van der Waals surface area contributed by atoms with Gasteiger partial charge in [-0.1, -0.05) is 18.2 Å². The fourth-order valence-electron chi connectivity index (χ4n) is 2.18. The van der Waals surface area contributed by atoms with Crippen molar-refractivity contribution >= 4 is 11.4 Å². The SMILES string of the molecule is Cc1cc(C)cc(NCC(O)c2cccc(N)c2)c1. The fourth-order valence-corrected chi connectivity index (χ4v) is 2.18. The Morgan fingerprint density at radius 2 is 1.79 bits per heavy atom. The fraction of sp³-hybridized carbons (Fsp3) is 0.250. The average Bonchev–Trinajstić information content (AvgIpc) is 2.35. The van der Waals surface area contributed by atoms with Crippen molar-refractivity contribution in [2.45, 2.75) is 20.0 Å². The number of hydrogen-bond donors (Lipinski definition) is 3. The summed E-state index contributed by atoms with van der Waals surface area (Å²) in [5.74, 6) is 0. The lowest BCUT2D eigenvalue weighted by molar-refractivity contribution is 0.191. The minimum absolute atomic E-state index is 0.465. The molecular weight excluding hydrogens is 236 g/mol. The largest absolute Gasteiger partial charge is 0.399 e. The van der Waals surface area contributed by atoms with Gasteiger partial charge in [0.15, 0.2) is 0 Å². The van der Waals surface area contributed by atoms with Crippen LogP contribution in [0, 0.1) is 13.8 Å². The third-order valence-corrected chi connectivity index (χ3v) is 3.02. The van der Waals surface area contributed by atoms with Crippen molar-refractivity contribution in [2.75, 3.05) is 17.6 Å². The van der Waals surface area contributed by atoms with Gasteiger partial charge in [-0.15, -0.1) is 0 Å². The molecule has 0 saturated carbocycles. The molecule has 0 saturated heterocycles. The van der Waals surface area contributed by atoms with Crippen molar-refractivity contribution in [3.63, 3.8) is 0 Å². The van der Waals surface area contributed by atoms with Crippen LogP contribution in [0.15, 0.2) is 42.5 Å². The molecule has 0 aliphatic carbocycles. The van der Waals surface area contributed by atoms with E-state index in [0.29, 0.717) is 12.2 Å². The first-order valence-corrected chi connectivity index (χ1v) is 6.40. The maximum absolute atomic E-state index is 10.1. The van der Waals surface area contributed by atoms with Gasteiger partial charge in [0.1, 0.15) is 0 Å². The van der Waals surface area contributed by atoms with E-state index in [9.17, 15) is 5.11 Å². The highest BCUT2D eigenvalue weighted by atomic mass is 16.3. The summed E-state index contributed by atoms with van der Waals surface area (Å²) in [5, 5.41) is 13.4. The molecule has 0 heterocycles. The second-order valence-corrected chi connectivity index (χ2v) is 4.94. The van der Waals surface area contributed by atoms with E-state index in [2.05, 4.69) is 37.4 Å². The molecule has 0 aromatic heterocycles. The van der Waals surface area contributed by atoms with Gasteiger partial charge in [0.2, 0.25) is 0 Å². The molecule has 4 N–H and O–H groups in total. The topological polar surface area (TPSA) is 58.3 Å². The lowest BCUT2D eigenvalue weighted by Crippen LogP contribution is -2.12. The van der Waals surface area contributed by atoms with E-state index in [1.54, 1.807) is 6.07 Å². The Morgan fingerprint density at radius 3 is 2.42 bits per heavy atom. The van der Waals surface area contributed by atoms with E-state index in [1.807, 2.05) is 18.2 Å². The Bertz CT molecular complexity index is 546. The van der Waals surface area contributed by atoms with E-state index >= 15 is 0 Å². The maximum atomic E-state index is 10.1. The molecule has 2 aromatic rings. The van der Waals surface area contributed by atoms with E-state index < -0.39 is 6.10 Å². The van der Waals surface area contributed by atoms with E-state index in [1.165, 1.54) is 11.1 Å². The lowest BCUT2D eigenvalue weighted by atomic mass is 10.1. The van der Waals surface area contributed by atoms with E-state index in [0.717, 1.165) is 11.3 Å². The Morgan fingerprint density at radius 1 is 1.11 bits per heavy atom. The van der Waals surface area contributed by atoms with Crippen molar-refractivity contribution in [3.8, 4) is 0 Å². The van der Waals surface area contributed by atoms with Gasteiger partial charge < -0.3 is 16.2 Å². The van der Waals surface area contributed by atoms with Gasteiger partial charge in [-0.05, 0) is 54.8 Å². The zero-order valence-corrected chi connectivity index (χ0v) is 11.4. The van der Waals surface area contributed by atoms with Gasteiger partial charge in [-0.2, -0.15) is 0 Å². The summed E-state index contributed by atoms with van der Waals surface area (Å²) in [6.07, 6.45) is -0.565. The lowest BCUT2D eigenvalue weighted by Gasteiger charge is -2.14. The molecule has 19 heavy (non-hydrogen) atoms. The molecule has 0 radical (unpaired) electrons. The third kappa shape index (κ3) is 3.73. The summed E-state index contributed by atoms with van der Waals surface area (Å²) >= 11 is 0. The molecule has 1 atom stereocenters. The minimum atomic E-state index is -0.565. The number of nitrogen functional groups attached to an aromatic ring is 1. The number of aryl methyl sites for hydroxylation is 2. The summed E-state index contributed by atoms with van der Waals surface area (Å²) < 4.78 is 0. The van der Waals surface area contributed by atoms with Crippen molar-refractivity contribution in [3.05, 3.63) is 59.2 Å². The van der Waals surface area contributed by atoms with E-state index in [-0.39, 0.29) is 0 Å². The molecule has 3 heteroatoms. The molecule has 2 aromatic carbocycles. The predicted molar refractivity (Wildman–Crippen MR) is 80.2 cm³/mol. The molecule has 0 aliphatic rings. The standard InChI is InChI=1S/C16H20N2O/c1-11-6-12(2)8-15(7-11)18-10-16(19)13-4-3-5-14(17)9-13/h3-9,16,18-19H,10,17H2,1-2H3. The van der Waals surface area contributed by atoms with Crippen molar-refractivity contribution in [1.29, 1.82) is 0 Å². The Kier molecular flexibility index (Phi) is 4.07. The molecule has 3 nitrogen and oxygen atoms in total. The highest BCUT2D eigenvalue weighted by Crippen LogP contribution is 2.18. The number of benzene rings is 2. The van der Waals surface area contributed by atoms with E-state index in [4.69, 9.17) is 5.73 Å². The summed E-state index contributed by atoms with van der Waals surface area (Å²) in [6.45, 7) is 4.59. The first-order valence-electron chi connectivity index (χ1n) is 6.40. The Balaban J connectivity index is 2.02. The first-order chi connectivity index (χ1) is 9.04. The normalized spacial score (nSPS) is 12.2. The summed E-state index contributed by atoms with van der Waals surface area (Å²) in [6, 6.07) is 13.6. The van der Waals surface area contributed by atoms with Crippen LogP contribution in [0.2, 0.25) is 0 Å². The van der Waals surface area contributed by atoms with Crippen LogP contribution in [0.25, 0.3) is 0 Å². The molecule has 0 bridgehead atoms. The van der Waals surface area contributed by atoms with Crippen LogP contribution in [-0.4, -0.2) is 11.7 Å². The van der Waals surface area contributed by atoms with Gasteiger partial charge >= 0.3 is 0 Å². The first kappa shape index (κ1) is 13.4. The van der Waals surface area contributed by atoms with Gasteiger partial charge in [-0.25, -0.2) is 0 Å². The van der Waals surface area contributed by atoms with Crippen LogP contribution in [-0.2, 0) is 0 Å². The van der Waals surface area contributed by atoms with Gasteiger partial charge in [0, 0.05) is 17.9 Å².